The molecule has 0 spiro atoms. The van der Waals surface area contributed by atoms with Gasteiger partial charge in [-0.25, -0.2) is 4.79 Å². The second-order valence-corrected chi connectivity index (χ2v) is 6.25. The maximum atomic E-state index is 12.2. The Bertz CT molecular complexity index is 505. The number of aliphatic hydroxyl groups is 1. The average molecular weight is 338 g/mol. The number of rotatable bonds is 8. The topological polar surface area (TPSA) is 117 Å². The summed E-state index contributed by atoms with van der Waals surface area (Å²) in [6, 6.07) is 0.840. The van der Waals surface area contributed by atoms with Crippen LogP contribution in [0.1, 0.15) is 20.3 Å². The maximum absolute atomic E-state index is 12.2. The van der Waals surface area contributed by atoms with Gasteiger partial charge in [-0.15, -0.1) is 0 Å². The van der Waals surface area contributed by atoms with Crippen LogP contribution in [0.25, 0.3) is 0 Å². The van der Waals surface area contributed by atoms with E-state index in [-0.39, 0.29) is 18.1 Å². The van der Waals surface area contributed by atoms with Crippen molar-refractivity contribution in [1.82, 2.24) is 15.1 Å². The molecular weight excluding hydrogens is 312 g/mol. The standard InChI is InChI=1S/C16H26N4O4/c1-12(2)9-14(16(23)24)18-15(22)13(10-17)11-20-5-3-19(4-6-20)7-8-21/h11-12,14,21H,3-9H2,1-2H3,(H,18,22)(H,23,24)/b13-11-. The van der Waals surface area contributed by atoms with Gasteiger partial charge >= 0.3 is 5.97 Å². The predicted octanol–water partition coefficient (Wildman–Crippen LogP) is -0.381. The number of nitriles is 1. The molecule has 0 bridgehead atoms. The van der Waals surface area contributed by atoms with E-state index in [1.165, 1.54) is 6.20 Å². The van der Waals surface area contributed by atoms with Crippen LogP contribution in [0.15, 0.2) is 11.8 Å². The zero-order valence-electron chi connectivity index (χ0n) is 14.2. The summed E-state index contributed by atoms with van der Waals surface area (Å²) in [5.74, 6) is -1.66. The van der Waals surface area contributed by atoms with Crippen molar-refractivity contribution in [3.63, 3.8) is 0 Å². The quantitative estimate of drug-likeness (QED) is 0.408. The number of amides is 1. The van der Waals surface area contributed by atoms with Crippen LogP contribution in [-0.2, 0) is 9.59 Å². The van der Waals surface area contributed by atoms with E-state index in [1.807, 2.05) is 24.8 Å². The van der Waals surface area contributed by atoms with Crippen molar-refractivity contribution in [2.75, 3.05) is 39.3 Å². The van der Waals surface area contributed by atoms with Crippen molar-refractivity contribution in [3.8, 4) is 6.07 Å². The van der Waals surface area contributed by atoms with Crippen molar-refractivity contribution < 1.29 is 19.8 Å². The third-order valence-electron chi connectivity index (χ3n) is 3.81. The molecule has 1 unspecified atom stereocenters. The van der Waals surface area contributed by atoms with Gasteiger partial charge in [-0.05, 0) is 12.3 Å². The van der Waals surface area contributed by atoms with E-state index < -0.39 is 17.9 Å². The van der Waals surface area contributed by atoms with Gasteiger partial charge in [0.05, 0.1) is 6.61 Å². The SMILES string of the molecule is CC(C)CC(NC(=O)/C(C#N)=C\N1CCN(CCO)CC1)C(=O)O. The molecule has 0 aliphatic carbocycles. The van der Waals surface area contributed by atoms with E-state index in [4.69, 9.17) is 5.11 Å². The highest BCUT2D eigenvalue weighted by Crippen LogP contribution is 2.08. The lowest BCUT2D eigenvalue weighted by atomic mass is 10.0. The van der Waals surface area contributed by atoms with Crippen LogP contribution in [0, 0.1) is 17.2 Å². The van der Waals surface area contributed by atoms with Gasteiger partial charge in [0, 0.05) is 38.9 Å². The molecule has 1 saturated heterocycles. The molecule has 1 aliphatic rings. The number of carbonyl (C=O) groups is 2. The third-order valence-corrected chi connectivity index (χ3v) is 3.81. The molecule has 1 rings (SSSR count). The molecule has 3 N–H and O–H groups in total. The first-order chi connectivity index (χ1) is 11.4. The molecule has 0 aromatic heterocycles. The summed E-state index contributed by atoms with van der Waals surface area (Å²) in [6.45, 7) is 7.22. The Morgan fingerprint density at radius 2 is 1.92 bits per heavy atom. The number of β-amino-alcohol motifs (C(OH)–C–C–N with tert-alkyl or cyclic N) is 1. The van der Waals surface area contributed by atoms with Crippen molar-refractivity contribution in [2.45, 2.75) is 26.3 Å². The van der Waals surface area contributed by atoms with Gasteiger partial charge in [-0.2, -0.15) is 5.26 Å². The number of hydrogen-bond acceptors (Lipinski definition) is 6. The second-order valence-electron chi connectivity index (χ2n) is 6.25. The van der Waals surface area contributed by atoms with E-state index in [0.717, 1.165) is 13.1 Å². The maximum Gasteiger partial charge on any atom is 0.326 e. The Morgan fingerprint density at radius 3 is 2.38 bits per heavy atom. The Labute approximate surface area is 142 Å². The Hall–Kier alpha value is -2.11. The Kier molecular flexibility index (Phi) is 8.22. The van der Waals surface area contributed by atoms with Crippen LogP contribution in [0.2, 0.25) is 0 Å². The summed E-state index contributed by atoms with van der Waals surface area (Å²) in [5.41, 5.74) is -0.0967. The smallest absolute Gasteiger partial charge is 0.326 e. The number of carbonyl (C=O) groups excluding carboxylic acids is 1. The van der Waals surface area contributed by atoms with Gasteiger partial charge in [0.25, 0.3) is 5.91 Å². The minimum absolute atomic E-state index is 0.0967. The zero-order valence-corrected chi connectivity index (χ0v) is 14.2. The van der Waals surface area contributed by atoms with Gasteiger partial charge in [0.1, 0.15) is 17.7 Å². The monoisotopic (exact) mass is 338 g/mol. The second kappa shape index (κ2) is 9.90. The highest BCUT2D eigenvalue weighted by atomic mass is 16.4. The first-order valence-electron chi connectivity index (χ1n) is 8.10. The van der Waals surface area contributed by atoms with Crippen molar-refractivity contribution in [2.24, 2.45) is 5.92 Å². The number of nitrogens with zero attached hydrogens (tertiary/aromatic N) is 3. The van der Waals surface area contributed by atoms with Crippen LogP contribution >= 0.6 is 0 Å². The normalized spacial score (nSPS) is 17.5. The van der Waals surface area contributed by atoms with Gasteiger partial charge < -0.3 is 20.4 Å². The summed E-state index contributed by atoms with van der Waals surface area (Å²) in [5, 5.41) is 29.7. The molecule has 24 heavy (non-hydrogen) atoms. The van der Waals surface area contributed by atoms with Gasteiger partial charge in [-0.1, -0.05) is 13.8 Å². The van der Waals surface area contributed by atoms with Crippen molar-refractivity contribution in [3.05, 3.63) is 11.8 Å². The van der Waals surface area contributed by atoms with Crippen molar-refractivity contribution >= 4 is 11.9 Å². The Morgan fingerprint density at radius 1 is 1.29 bits per heavy atom. The van der Waals surface area contributed by atoms with Crippen molar-refractivity contribution in [1.29, 1.82) is 5.26 Å². The van der Waals surface area contributed by atoms with E-state index in [1.54, 1.807) is 0 Å². The van der Waals surface area contributed by atoms with E-state index in [2.05, 4.69) is 10.2 Å². The lowest BCUT2D eigenvalue weighted by Gasteiger charge is -2.33. The molecule has 8 nitrogen and oxygen atoms in total. The third kappa shape index (κ3) is 6.56. The number of carboxylic acids is 1. The van der Waals surface area contributed by atoms with Crippen LogP contribution in [0.4, 0.5) is 0 Å². The van der Waals surface area contributed by atoms with E-state index >= 15 is 0 Å². The van der Waals surface area contributed by atoms with Crippen LogP contribution in [0.5, 0.6) is 0 Å². The predicted molar refractivity (Wildman–Crippen MR) is 87.8 cm³/mol. The largest absolute Gasteiger partial charge is 0.480 e. The number of nitrogens with one attached hydrogen (secondary N) is 1. The molecule has 1 aliphatic heterocycles. The minimum Gasteiger partial charge on any atom is -0.480 e. The molecule has 0 saturated carbocycles. The fourth-order valence-electron chi connectivity index (χ4n) is 2.51. The number of piperazine rings is 1. The molecular formula is C16H26N4O4. The summed E-state index contributed by atoms with van der Waals surface area (Å²) in [6.07, 6.45) is 1.79. The average Bonchev–Trinajstić information content (AvgIpc) is 2.53. The number of hydrogen-bond donors (Lipinski definition) is 3. The first kappa shape index (κ1) is 19.9. The summed E-state index contributed by atoms with van der Waals surface area (Å²) < 4.78 is 0. The molecule has 8 heteroatoms. The molecule has 134 valence electrons. The molecule has 0 aromatic rings. The van der Waals surface area contributed by atoms with E-state index in [0.29, 0.717) is 26.1 Å². The van der Waals surface area contributed by atoms with Gasteiger partial charge in [-0.3, -0.25) is 9.69 Å². The van der Waals surface area contributed by atoms with Crippen LogP contribution in [-0.4, -0.2) is 77.3 Å². The lowest BCUT2D eigenvalue weighted by Crippen LogP contribution is -2.46. The van der Waals surface area contributed by atoms with E-state index in [9.17, 15) is 20.0 Å². The molecule has 0 aromatic carbocycles. The first-order valence-corrected chi connectivity index (χ1v) is 8.10. The highest BCUT2D eigenvalue weighted by molar-refractivity contribution is 5.99. The number of aliphatic carboxylic acids is 1. The summed E-state index contributed by atoms with van der Waals surface area (Å²) in [4.78, 5) is 27.4. The molecule has 1 atom stereocenters. The summed E-state index contributed by atoms with van der Waals surface area (Å²) in [7, 11) is 0. The van der Waals surface area contributed by atoms with Gasteiger partial charge in [0.2, 0.25) is 0 Å². The minimum atomic E-state index is -1.10. The lowest BCUT2D eigenvalue weighted by molar-refractivity contribution is -0.141. The summed E-state index contributed by atoms with van der Waals surface area (Å²) >= 11 is 0. The van der Waals surface area contributed by atoms with Crippen LogP contribution < -0.4 is 5.32 Å². The molecule has 1 fully saturated rings. The molecule has 0 radical (unpaired) electrons. The fourth-order valence-corrected chi connectivity index (χ4v) is 2.51. The Balaban J connectivity index is 2.66. The van der Waals surface area contributed by atoms with Gasteiger partial charge in [0.15, 0.2) is 0 Å². The molecule has 1 heterocycles. The number of carboxylic acid groups (broad SMARTS) is 1. The number of aliphatic hydroxyl groups excluding tert-OH is 1. The van der Waals surface area contributed by atoms with Crippen LogP contribution in [0.3, 0.4) is 0 Å². The fraction of sp³-hybridized carbons (Fsp3) is 0.688. The zero-order chi connectivity index (χ0) is 18.1. The highest BCUT2D eigenvalue weighted by Gasteiger charge is 2.23. The molecule has 1 amide bonds.